The van der Waals surface area contributed by atoms with E-state index in [1.165, 1.54) is 4.90 Å². The second kappa shape index (κ2) is 3.22. The second-order valence-corrected chi connectivity index (χ2v) is 6.08. The summed E-state index contributed by atoms with van der Waals surface area (Å²) in [4.78, 5) is 23.9. The molecule has 90 valence electrons. The van der Waals surface area contributed by atoms with Crippen molar-refractivity contribution in [1.29, 1.82) is 0 Å². The van der Waals surface area contributed by atoms with E-state index in [4.69, 9.17) is 5.11 Å². The maximum Gasteiger partial charge on any atom is 0.407 e. The number of ketones is 1. The van der Waals surface area contributed by atoms with Crippen LogP contribution in [0.5, 0.6) is 0 Å². The molecule has 16 heavy (non-hydrogen) atoms. The lowest BCUT2D eigenvalue weighted by atomic mass is 9.51. The molecule has 0 radical (unpaired) electrons. The molecule has 0 bridgehead atoms. The third kappa shape index (κ3) is 1.35. The van der Waals surface area contributed by atoms with Crippen molar-refractivity contribution in [3.05, 3.63) is 0 Å². The molecule has 1 saturated carbocycles. The normalized spacial score (nSPS) is 34.3. The first kappa shape index (κ1) is 11.4. The third-order valence-corrected chi connectivity index (χ3v) is 4.48. The summed E-state index contributed by atoms with van der Waals surface area (Å²) in [6.45, 7) is 7.03. The summed E-state index contributed by atoms with van der Waals surface area (Å²) >= 11 is 0. The predicted molar refractivity (Wildman–Crippen MR) is 59.3 cm³/mol. The molecule has 0 spiro atoms. The van der Waals surface area contributed by atoms with E-state index in [0.29, 0.717) is 19.4 Å². The fourth-order valence-electron chi connectivity index (χ4n) is 3.25. The van der Waals surface area contributed by atoms with Gasteiger partial charge in [0.1, 0.15) is 5.78 Å². The SMILES string of the molecule is CC(C)(C)[C@@]12CCC(=O)C[C@@H]1N(C(=O)O)C2. The minimum absolute atomic E-state index is 0.0132. The van der Waals surface area contributed by atoms with E-state index in [-0.39, 0.29) is 22.7 Å². The summed E-state index contributed by atoms with van der Waals surface area (Å²) in [5.74, 6) is 0.204. The number of Topliss-reactive ketones (excluding diaryl/α,β-unsaturated/α-hetero) is 1. The van der Waals surface area contributed by atoms with Crippen LogP contribution in [0.4, 0.5) is 4.79 Å². The highest BCUT2D eigenvalue weighted by Crippen LogP contribution is 2.57. The standard InChI is InChI=1S/C12H19NO3/c1-11(2,3)12-5-4-8(14)6-9(12)13(7-12)10(15)16/h9H,4-7H2,1-3H3,(H,15,16)/t9-,12+/m0/s1. The molecule has 2 fully saturated rings. The molecule has 1 aliphatic heterocycles. The second-order valence-electron chi connectivity index (χ2n) is 6.08. The van der Waals surface area contributed by atoms with Crippen LogP contribution in [0, 0.1) is 10.8 Å². The first-order valence-electron chi connectivity index (χ1n) is 5.79. The number of carboxylic acid groups (broad SMARTS) is 1. The molecule has 2 rings (SSSR count). The number of rotatable bonds is 0. The molecule has 0 aromatic heterocycles. The number of carbonyl (C=O) groups excluding carboxylic acids is 1. The Balaban J connectivity index is 2.27. The molecule has 4 heteroatoms. The van der Waals surface area contributed by atoms with Gasteiger partial charge >= 0.3 is 6.09 Å². The lowest BCUT2D eigenvalue weighted by Gasteiger charge is -2.64. The van der Waals surface area contributed by atoms with E-state index < -0.39 is 6.09 Å². The van der Waals surface area contributed by atoms with Crippen molar-refractivity contribution in [3.8, 4) is 0 Å². The minimum Gasteiger partial charge on any atom is -0.465 e. The van der Waals surface area contributed by atoms with Crippen molar-refractivity contribution in [3.63, 3.8) is 0 Å². The summed E-state index contributed by atoms with van der Waals surface area (Å²) in [6, 6.07) is -0.0914. The molecule has 2 aliphatic rings. The molecule has 0 unspecified atom stereocenters. The highest BCUT2D eigenvalue weighted by molar-refractivity contribution is 5.82. The Bertz CT molecular complexity index is 343. The number of nitrogens with zero attached hydrogens (tertiary/aromatic N) is 1. The summed E-state index contributed by atoms with van der Waals surface area (Å²) in [5.41, 5.74) is 0.0730. The van der Waals surface area contributed by atoms with E-state index in [9.17, 15) is 9.59 Å². The lowest BCUT2D eigenvalue weighted by molar-refractivity contribution is -0.159. The van der Waals surface area contributed by atoms with Gasteiger partial charge in [-0.3, -0.25) is 4.79 Å². The Labute approximate surface area is 95.6 Å². The van der Waals surface area contributed by atoms with Crippen molar-refractivity contribution in [2.45, 2.75) is 46.1 Å². The van der Waals surface area contributed by atoms with Crippen LogP contribution in [0.3, 0.4) is 0 Å². The van der Waals surface area contributed by atoms with Crippen molar-refractivity contribution >= 4 is 11.9 Å². The van der Waals surface area contributed by atoms with Gasteiger partial charge in [0.05, 0.1) is 0 Å². The van der Waals surface area contributed by atoms with Crippen LogP contribution >= 0.6 is 0 Å². The van der Waals surface area contributed by atoms with Gasteiger partial charge in [-0.25, -0.2) is 4.79 Å². The van der Waals surface area contributed by atoms with Crippen LogP contribution in [-0.4, -0.2) is 34.5 Å². The Morgan fingerprint density at radius 3 is 2.62 bits per heavy atom. The third-order valence-electron chi connectivity index (χ3n) is 4.48. The fraction of sp³-hybridized carbons (Fsp3) is 0.833. The van der Waals surface area contributed by atoms with Gasteiger partial charge in [0.2, 0.25) is 0 Å². The van der Waals surface area contributed by atoms with Gasteiger partial charge in [0.25, 0.3) is 0 Å². The van der Waals surface area contributed by atoms with Crippen LogP contribution in [0.2, 0.25) is 0 Å². The minimum atomic E-state index is -0.889. The van der Waals surface area contributed by atoms with Crippen molar-refractivity contribution in [2.24, 2.45) is 10.8 Å². The number of carbonyl (C=O) groups is 2. The molecular weight excluding hydrogens is 206 g/mol. The van der Waals surface area contributed by atoms with Gasteiger partial charge in [0.15, 0.2) is 0 Å². The molecule has 1 aliphatic carbocycles. The molecule has 2 atom stereocenters. The summed E-state index contributed by atoms with van der Waals surface area (Å²) < 4.78 is 0. The fourth-order valence-corrected chi connectivity index (χ4v) is 3.25. The van der Waals surface area contributed by atoms with Crippen LogP contribution in [-0.2, 0) is 4.79 Å². The molecule has 0 aromatic carbocycles. The maximum atomic E-state index is 11.5. The van der Waals surface area contributed by atoms with Crippen molar-refractivity contribution in [1.82, 2.24) is 4.90 Å². The van der Waals surface area contributed by atoms with Gasteiger partial charge < -0.3 is 10.0 Å². The maximum absolute atomic E-state index is 11.5. The van der Waals surface area contributed by atoms with Gasteiger partial charge in [-0.05, 0) is 11.8 Å². The van der Waals surface area contributed by atoms with Gasteiger partial charge in [0, 0.05) is 30.8 Å². The topological polar surface area (TPSA) is 57.6 Å². The zero-order chi connectivity index (χ0) is 12.1. The first-order valence-corrected chi connectivity index (χ1v) is 5.79. The molecule has 0 aromatic rings. The van der Waals surface area contributed by atoms with Gasteiger partial charge in [-0.1, -0.05) is 20.8 Å². The van der Waals surface area contributed by atoms with Crippen molar-refractivity contribution < 1.29 is 14.7 Å². The number of hydrogen-bond donors (Lipinski definition) is 1. The number of hydrogen-bond acceptors (Lipinski definition) is 2. The summed E-state index contributed by atoms with van der Waals surface area (Å²) in [7, 11) is 0. The van der Waals surface area contributed by atoms with Gasteiger partial charge in [-0.2, -0.15) is 0 Å². The predicted octanol–water partition coefficient (Wildman–Crippen LogP) is 2.13. The molecule has 1 N–H and O–H groups in total. The Kier molecular flexibility index (Phi) is 2.30. The quantitative estimate of drug-likeness (QED) is 0.687. The smallest absolute Gasteiger partial charge is 0.407 e. The van der Waals surface area contributed by atoms with Crippen LogP contribution < -0.4 is 0 Å². The Morgan fingerprint density at radius 1 is 1.50 bits per heavy atom. The average molecular weight is 225 g/mol. The van der Waals surface area contributed by atoms with E-state index in [1.807, 2.05) is 0 Å². The average Bonchev–Trinajstić information content (AvgIpc) is 2.08. The molecule has 1 saturated heterocycles. The van der Waals surface area contributed by atoms with Crippen LogP contribution in [0.1, 0.15) is 40.0 Å². The Morgan fingerprint density at radius 2 is 2.12 bits per heavy atom. The number of likely N-dealkylation sites (tertiary alicyclic amines) is 1. The zero-order valence-electron chi connectivity index (χ0n) is 10.1. The summed E-state index contributed by atoms with van der Waals surface area (Å²) in [5, 5.41) is 9.05. The lowest BCUT2D eigenvalue weighted by Crippen LogP contribution is -2.72. The van der Waals surface area contributed by atoms with Crippen molar-refractivity contribution in [2.75, 3.05) is 6.54 Å². The largest absolute Gasteiger partial charge is 0.465 e. The first-order chi connectivity index (χ1) is 7.28. The molecule has 1 heterocycles. The number of fused-ring (bicyclic) bond motifs is 1. The van der Waals surface area contributed by atoms with Gasteiger partial charge in [-0.15, -0.1) is 0 Å². The van der Waals surface area contributed by atoms with E-state index >= 15 is 0 Å². The molecular formula is C12H19NO3. The molecule has 4 nitrogen and oxygen atoms in total. The van der Waals surface area contributed by atoms with E-state index in [2.05, 4.69) is 20.8 Å². The zero-order valence-corrected chi connectivity index (χ0v) is 10.1. The highest BCUT2D eigenvalue weighted by Gasteiger charge is 2.62. The highest BCUT2D eigenvalue weighted by atomic mass is 16.4. The summed E-state index contributed by atoms with van der Waals surface area (Å²) in [6.07, 6.45) is 0.966. The van der Waals surface area contributed by atoms with Crippen LogP contribution in [0.25, 0.3) is 0 Å². The van der Waals surface area contributed by atoms with E-state index in [1.54, 1.807) is 0 Å². The molecule has 1 amide bonds. The number of amides is 1. The van der Waals surface area contributed by atoms with E-state index in [0.717, 1.165) is 6.42 Å². The monoisotopic (exact) mass is 225 g/mol. The van der Waals surface area contributed by atoms with Crippen LogP contribution in [0.15, 0.2) is 0 Å². The Hall–Kier alpha value is -1.06.